The highest BCUT2D eigenvalue weighted by Gasteiger charge is 2.46. The molecule has 0 aliphatic carbocycles. The minimum atomic E-state index is -1.44. The summed E-state index contributed by atoms with van der Waals surface area (Å²) in [4.78, 5) is 18.3. The lowest BCUT2D eigenvalue weighted by molar-refractivity contribution is -0.262. The zero-order valence-corrected chi connectivity index (χ0v) is 19.1. The minimum absolute atomic E-state index is 0.0823. The lowest BCUT2D eigenvalue weighted by Crippen LogP contribution is -2.49. The predicted molar refractivity (Wildman–Crippen MR) is 122 cm³/mol. The molecular formula is C25H28N2O6. The molecule has 2 atom stereocenters. The molecule has 0 unspecified atom stereocenters. The number of rotatable bonds is 7. The Hall–Kier alpha value is -2.78. The van der Waals surface area contributed by atoms with E-state index in [1.165, 1.54) is 0 Å². The fourth-order valence-electron chi connectivity index (χ4n) is 4.73. The summed E-state index contributed by atoms with van der Waals surface area (Å²) in [5.41, 5.74) is 2.65. The number of hydrogen-bond donors (Lipinski definition) is 1. The number of pyridine rings is 2. The van der Waals surface area contributed by atoms with Gasteiger partial charge in [-0.3, -0.25) is 4.79 Å². The molecule has 4 heterocycles. The summed E-state index contributed by atoms with van der Waals surface area (Å²) in [6.07, 6.45) is -0.546. The fraction of sp³-hybridized carbons (Fsp3) is 0.440. The van der Waals surface area contributed by atoms with Crippen LogP contribution in [0.4, 0.5) is 0 Å². The average Bonchev–Trinajstić information content (AvgIpc) is 3.19. The van der Waals surface area contributed by atoms with Gasteiger partial charge in [0, 0.05) is 28.7 Å². The van der Waals surface area contributed by atoms with Crippen molar-refractivity contribution in [2.75, 3.05) is 26.9 Å². The molecule has 8 heteroatoms. The molecule has 0 spiro atoms. The molecule has 2 aromatic heterocycles. The van der Waals surface area contributed by atoms with Crippen molar-refractivity contribution in [3.63, 3.8) is 0 Å². The second kappa shape index (κ2) is 8.53. The molecule has 0 bridgehead atoms. The molecule has 1 N–H and O–H groups in total. The van der Waals surface area contributed by atoms with Crippen LogP contribution in [0, 0.1) is 0 Å². The molecule has 0 fully saturated rings. The first-order valence-corrected chi connectivity index (χ1v) is 11.3. The minimum Gasteiger partial charge on any atom is -0.497 e. The lowest BCUT2D eigenvalue weighted by Gasteiger charge is -2.40. The van der Waals surface area contributed by atoms with E-state index in [1.807, 2.05) is 44.2 Å². The molecular weight excluding hydrogens is 424 g/mol. The highest BCUT2D eigenvalue weighted by Crippen LogP contribution is 2.41. The first-order valence-electron chi connectivity index (χ1n) is 11.3. The van der Waals surface area contributed by atoms with Gasteiger partial charge >= 0.3 is 0 Å². The molecule has 8 nitrogen and oxygen atoms in total. The highest BCUT2D eigenvalue weighted by molar-refractivity contribution is 5.85. The van der Waals surface area contributed by atoms with Gasteiger partial charge in [-0.15, -0.1) is 0 Å². The molecule has 1 aromatic carbocycles. The zero-order valence-electron chi connectivity index (χ0n) is 19.1. The van der Waals surface area contributed by atoms with Gasteiger partial charge < -0.3 is 28.6 Å². The van der Waals surface area contributed by atoms with Crippen molar-refractivity contribution >= 4 is 10.9 Å². The Labute approximate surface area is 191 Å². The Morgan fingerprint density at radius 3 is 2.85 bits per heavy atom. The topological polar surface area (TPSA) is 92.0 Å². The molecule has 2 aliphatic heterocycles. The lowest BCUT2D eigenvalue weighted by atomic mass is 9.85. The number of aliphatic hydroxyl groups is 1. The smallest absolute Gasteiger partial charge is 0.257 e. The monoisotopic (exact) mass is 452 g/mol. The van der Waals surface area contributed by atoms with Gasteiger partial charge in [-0.05, 0) is 43.7 Å². The van der Waals surface area contributed by atoms with Gasteiger partial charge in [0.05, 0.1) is 50.4 Å². The SMILES string of the molecule is CCOCCO[C@@H]1OCc2c(cc3n(c2=O)Cc2cc4cc(OC)ccc4nc2-3)[C@@]1(O)CC. The van der Waals surface area contributed by atoms with Crippen molar-refractivity contribution < 1.29 is 24.1 Å². The Bertz CT molecular complexity index is 1270. The summed E-state index contributed by atoms with van der Waals surface area (Å²) in [7, 11) is 1.63. The van der Waals surface area contributed by atoms with Crippen LogP contribution < -0.4 is 10.3 Å². The van der Waals surface area contributed by atoms with Crippen LogP contribution in [-0.2, 0) is 33.0 Å². The maximum absolute atomic E-state index is 13.4. The van der Waals surface area contributed by atoms with Crippen molar-refractivity contribution in [1.82, 2.24) is 9.55 Å². The molecule has 0 amide bonds. The van der Waals surface area contributed by atoms with Crippen molar-refractivity contribution in [2.24, 2.45) is 0 Å². The molecule has 5 rings (SSSR count). The zero-order chi connectivity index (χ0) is 23.2. The third-order valence-corrected chi connectivity index (χ3v) is 6.55. The van der Waals surface area contributed by atoms with E-state index in [0.29, 0.717) is 49.6 Å². The Kier molecular flexibility index (Phi) is 5.70. The van der Waals surface area contributed by atoms with E-state index in [9.17, 15) is 9.90 Å². The Balaban J connectivity index is 1.58. The molecule has 2 aliphatic rings. The number of nitrogens with zero attached hydrogens (tertiary/aromatic N) is 2. The molecule has 3 aromatic rings. The van der Waals surface area contributed by atoms with Crippen LogP contribution in [-0.4, -0.2) is 47.9 Å². The summed E-state index contributed by atoms with van der Waals surface area (Å²) < 4.78 is 24.0. The van der Waals surface area contributed by atoms with Crippen molar-refractivity contribution in [1.29, 1.82) is 0 Å². The van der Waals surface area contributed by atoms with Gasteiger partial charge in [0.1, 0.15) is 11.4 Å². The van der Waals surface area contributed by atoms with E-state index < -0.39 is 11.9 Å². The van der Waals surface area contributed by atoms with Crippen LogP contribution in [0.25, 0.3) is 22.3 Å². The standard InChI is InChI=1S/C25H28N2O6/c1-4-25(29)19-12-21-22-16(10-15-11-17(30-3)6-7-20(15)26-22)13-27(21)23(28)18(19)14-33-24(25)32-9-8-31-5-2/h6-7,10-12,24,29H,4-5,8-9,13-14H2,1-3H3/t24-,25+/m1/s1. The summed E-state index contributed by atoms with van der Waals surface area (Å²) in [6.45, 7) is 5.57. The number of benzene rings is 1. The summed E-state index contributed by atoms with van der Waals surface area (Å²) in [5, 5.41) is 12.6. The average molecular weight is 453 g/mol. The molecule has 0 saturated carbocycles. The summed E-state index contributed by atoms with van der Waals surface area (Å²) in [6, 6.07) is 9.65. The second-order valence-electron chi connectivity index (χ2n) is 8.36. The number of ether oxygens (including phenoxy) is 4. The first kappa shape index (κ1) is 22.0. The highest BCUT2D eigenvalue weighted by atomic mass is 16.7. The third kappa shape index (κ3) is 3.54. The van der Waals surface area contributed by atoms with Gasteiger partial charge in [-0.25, -0.2) is 4.98 Å². The van der Waals surface area contributed by atoms with Crippen molar-refractivity contribution in [2.45, 2.75) is 45.3 Å². The van der Waals surface area contributed by atoms with Crippen molar-refractivity contribution in [3.8, 4) is 17.1 Å². The second-order valence-corrected chi connectivity index (χ2v) is 8.36. The van der Waals surface area contributed by atoms with E-state index in [-0.39, 0.29) is 12.2 Å². The van der Waals surface area contributed by atoms with Gasteiger partial charge in [0.2, 0.25) is 0 Å². The van der Waals surface area contributed by atoms with Crippen LogP contribution in [0.1, 0.15) is 37.0 Å². The summed E-state index contributed by atoms with van der Waals surface area (Å²) >= 11 is 0. The molecule has 0 radical (unpaired) electrons. The van der Waals surface area contributed by atoms with Crippen LogP contribution in [0.2, 0.25) is 0 Å². The summed E-state index contributed by atoms with van der Waals surface area (Å²) in [5.74, 6) is 0.757. The van der Waals surface area contributed by atoms with Gasteiger partial charge in [-0.2, -0.15) is 0 Å². The molecule has 0 saturated heterocycles. The van der Waals surface area contributed by atoms with Gasteiger partial charge in [-0.1, -0.05) is 6.92 Å². The van der Waals surface area contributed by atoms with E-state index >= 15 is 0 Å². The van der Waals surface area contributed by atoms with Gasteiger partial charge in [0.15, 0.2) is 6.29 Å². The van der Waals surface area contributed by atoms with E-state index in [1.54, 1.807) is 11.7 Å². The maximum atomic E-state index is 13.4. The number of hydrogen-bond acceptors (Lipinski definition) is 7. The van der Waals surface area contributed by atoms with Crippen molar-refractivity contribution in [3.05, 3.63) is 57.4 Å². The first-order chi connectivity index (χ1) is 16.0. The quantitative estimate of drug-likeness (QED) is 0.431. The van der Waals surface area contributed by atoms with Gasteiger partial charge in [0.25, 0.3) is 5.56 Å². The van der Waals surface area contributed by atoms with E-state index in [4.69, 9.17) is 23.9 Å². The maximum Gasteiger partial charge on any atom is 0.257 e. The fourth-order valence-corrected chi connectivity index (χ4v) is 4.73. The Morgan fingerprint density at radius 2 is 2.09 bits per heavy atom. The van der Waals surface area contributed by atoms with E-state index in [2.05, 4.69) is 0 Å². The predicted octanol–water partition coefficient (Wildman–Crippen LogP) is 2.94. The molecule has 174 valence electrons. The molecule has 33 heavy (non-hydrogen) atoms. The normalized spacial score (nSPS) is 21.0. The van der Waals surface area contributed by atoms with Crippen LogP contribution in [0.5, 0.6) is 5.75 Å². The Morgan fingerprint density at radius 1 is 1.24 bits per heavy atom. The van der Waals surface area contributed by atoms with Crippen LogP contribution >= 0.6 is 0 Å². The van der Waals surface area contributed by atoms with Crippen LogP contribution in [0.15, 0.2) is 35.1 Å². The largest absolute Gasteiger partial charge is 0.497 e. The number of fused-ring (bicyclic) bond motifs is 5. The van der Waals surface area contributed by atoms with E-state index in [0.717, 1.165) is 27.9 Å². The third-order valence-electron chi connectivity index (χ3n) is 6.55. The number of aromatic nitrogens is 2. The van der Waals surface area contributed by atoms with Crippen LogP contribution in [0.3, 0.4) is 0 Å². The number of methoxy groups -OCH3 is 1.